The Kier molecular flexibility index (Phi) is 7.89. The van der Waals surface area contributed by atoms with E-state index in [1.54, 1.807) is 30.3 Å². The van der Waals surface area contributed by atoms with Crippen LogP contribution in [0, 0.1) is 6.92 Å². The Hall–Kier alpha value is -3.32. The molecule has 0 saturated heterocycles. The molecule has 1 amide bonds. The summed E-state index contributed by atoms with van der Waals surface area (Å²) >= 11 is 0. The number of hydrogen-bond donors (Lipinski definition) is 1. The van der Waals surface area contributed by atoms with Gasteiger partial charge in [0.25, 0.3) is 10.0 Å². The Balaban J connectivity index is 1.72. The van der Waals surface area contributed by atoms with Gasteiger partial charge in [0.05, 0.1) is 17.1 Å². The number of ether oxygens (including phenoxy) is 1. The van der Waals surface area contributed by atoms with Gasteiger partial charge < -0.3 is 10.1 Å². The van der Waals surface area contributed by atoms with Crippen molar-refractivity contribution in [1.29, 1.82) is 0 Å². The van der Waals surface area contributed by atoms with Crippen molar-refractivity contribution in [3.05, 3.63) is 90.0 Å². The molecular formula is C25H28N2O4S. The second-order valence-corrected chi connectivity index (χ2v) is 9.18. The number of carbonyl (C=O) groups excluding carboxylic acids is 1. The van der Waals surface area contributed by atoms with Crippen LogP contribution < -0.4 is 14.4 Å². The van der Waals surface area contributed by atoms with E-state index in [1.807, 2.05) is 50.2 Å². The number of sulfonamides is 1. The SMILES string of the molecule is CCc1ccccc1N(CC(=O)NCCOc1ccc(C)cc1)S(=O)(=O)c1ccccc1. The molecule has 3 rings (SSSR count). The Bertz CT molecular complexity index is 1130. The molecule has 0 aliphatic carbocycles. The third kappa shape index (κ3) is 5.88. The third-order valence-electron chi connectivity index (χ3n) is 4.97. The molecule has 0 heterocycles. The Morgan fingerprint density at radius 1 is 0.938 bits per heavy atom. The molecule has 168 valence electrons. The highest BCUT2D eigenvalue weighted by molar-refractivity contribution is 7.92. The molecule has 0 radical (unpaired) electrons. The van der Waals surface area contributed by atoms with Crippen LogP contribution in [0.25, 0.3) is 0 Å². The van der Waals surface area contributed by atoms with Crippen LogP contribution in [-0.4, -0.2) is 34.0 Å². The first-order chi connectivity index (χ1) is 15.4. The van der Waals surface area contributed by atoms with E-state index in [2.05, 4.69) is 5.32 Å². The number of carbonyl (C=O) groups is 1. The first-order valence-electron chi connectivity index (χ1n) is 10.5. The normalized spacial score (nSPS) is 11.1. The van der Waals surface area contributed by atoms with E-state index in [-0.39, 0.29) is 24.6 Å². The number of nitrogens with zero attached hydrogens (tertiary/aromatic N) is 1. The molecule has 0 bridgehead atoms. The zero-order chi connectivity index (χ0) is 23.0. The van der Waals surface area contributed by atoms with Crippen LogP contribution in [0.3, 0.4) is 0 Å². The molecular weight excluding hydrogens is 424 g/mol. The van der Waals surface area contributed by atoms with Gasteiger partial charge in [0.2, 0.25) is 5.91 Å². The predicted molar refractivity (Wildman–Crippen MR) is 126 cm³/mol. The summed E-state index contributed by atoms with van der Waals surface area (Å²) in [6, 6.07) is 23.0. The minimum absolute atomic E-state index is 0.140. The maximum Gasteiger partial charge on any atom is 0.264 e. The van der Waals surface area contributed by atoms with Crippen molar-refractivity contribution in [2.45, 2.75) is 25.2 Å². The zero-order valence-electron chi connectivity index (χ0n) is 18.3. The van der Waals surface area contributed by atoms with E-state index >= 15 is 0 Å². The summed E-state index contributed by atoms with van der Waals surface area (Å²) in [6.07, 6.45) is 0.642. The van der Waals surface area contributed by atoms with Crippen molar-refractivity contribution in [1.82, 2.24) is 5.32 Å². The van der Waals surface area contributed by atoms with E-state index < -0.39 is 15.9 Å². The highest BCUT2D eigenvalue weighted by Crippen LogP contribution is 2.27. The van der Waals surface area contributed by atoms with Crippen LogP contribution in [0.15, 0.2) is 83.8 Å². The lowest BCUT2D eigenvalue weighted by molar-refractivity contribution is -0.119. The molecule has 7 heteroatoms. The average molecular weight is 453 g/mol. The lowest BCUT2D eigenvalue weighted by atomic mass is 10.1. The van der Waals surface area contributed by atoms with Gasteiger partial charge >= 0.3 is 0 Å². The first kappa shape index (κ1) is 23.3. The molecule has 6 nitrogen and oxygen atoms in total. The fraction of sp³-hybridized carbons (Fsp3) is 0.240. The molecule has 0 saturated carbocycles. The fourth-order valence-electron chi connectivity index (χ4n) is 3.25. The zero-order valence-corrected chi connectivity index (χ0v) is 19.1. The summed E-state index contributed by atoms with van der Waals surface area (Å²) in [5.74, 6) is 0.318. The van der Waals surface area contributed by atoms with Crippen molar-refractivity contribution in [3.63, 3.8) is 0 Å². The van der Waals surface area contributed by atoms with Gasteiger partial charge in [-0.1, -0.05) is 61.0 Å². The molecule has 32 heavy (non-hydrogen) atoms. The van der Waals surface area contributed by atoms with Gasteiger partial charge in [-0.25, -0.2) is 8.42 Å². The smallest absolute Gasteiger partial charge is 0.264 e. The molecule has 1 N–H and O–H groups in total. The fourth-order valence-corrected chi connectivity index (χ4v) is 4.73. The molecule has 0 aliphatic heterocycles. The summed E-state index contributed by atoms with van der Waals surface area (Å²) in [4.78, 5) is 12.8. The number of para-hydroxylation sites is 1. The minimum atomic E-state index is -3.92. The highest BCUT2D eigenvalue weighted by atomic mass is 32.2. The number of benzene rings is 3. The van der Waals surface area contributed by atoms with Gasteiger partial charge in [0.15, 0.2) is 0 Å². The summed E-state index contributed by atoms with van der Waals surface area (Å²) in [6.45, 7) is 4.18. The Morgan fingerprint density at radius 3 is 2.28 bits per heavy atom. The standard InChI is InChI=1S/C25H28N2O4S/c1-3-21-9-7-8-12-24(21)27(32(29,30)23-10-5-4-6-11-23)19-25(28)26-17-18-31-22-15-13-20(2)14-16-22/h4-16H,3,17-19H2,1-2H3,(H,26,28). The number of rotatable bonds is 10. The molecule has 0 atom stereocenters. The number of anilines is 1. The number of amides is 1. The van der Waals surface area contributed by atoms with Crippen LogP contribution in [0.1, 0.15) is 18.1 Å². The van der Waals surface area contributed by atoms with Gasteiger partial charge in [-0.3, -0.25) is 9.10 Å². The van der Waals surface area contributed by atoms with Crippen LogP contribution >= 0.6 is 0 Å². The average Bonchev–Trinajstić information content (AvgIpc) is 2.82. The first-order valence-corrected chi connectivity index (χ1v) is 12.0. The van der Waals surface area contributed by atoms with Crippen LogP contribution in [0.2, 0.25) is 0 Å². The maximum atomic E-state index is 13.4. The van der Waals surface area contributed by atoms with E-state index in [0.29, 0.717) is 12.1 Å². The summed E-state index contributed by atoms with van der Waals surface area (Å²) < 4.78 is 33.6. The molecule has 3 aromatic carbocycles. The monoisotopic (exact) mass is 452 g/mol. The molecule has 0 aliphatic rings. The largest absolute Gasteiger partial charge is 0.492 e. The van der Waals surface area contributed by atoms with Crippen LogP contribution in [0.5, 0.6) is 5.75 Å². The van der Waals surface area contributed by atoms with Crippen molar-refractivity contribution in [2.75, 3.05) is 24.0 Å². The van der Waals surface area contributed by atoms with Gasteiger partial charge in [-0.15, -0.1) is 0 Å². The second-order valence-electron chi connectivity index (χ2n) is 7.32. The Morgan fingerprint density at radius 2 is 1.59 bits per heavy atom. The highest BCUT2D eigenvalue weighted by Gasteiger charge is 2.28. The molecule has 3 aromatic rings. The van der Waals surface area contributed by atoms with Gasteiger partial charge in [-0.2, -0.15) is 0 Å². The quantitative estimate of drug-likeness (QED) is 0.473. The lowest BCUT2D eigenvalue weighted by Gasteiger charge is -2.26. The number of aryl methyl sites for hydroxylation is 2. The van der Waals surface area contributed by atoms with Crippen LogP contribution in [-0.2, 0) is 21.2 Å². The van der Waals surface area contributed by atoms with Gasteiger partial charge in [0, 0.05) is 0 Å². The Labute approximate surface area is 189 Å². The predicted octanol–water partition coefficient (Wildman–Crippen LogP) is 3.95. The lowest BCUT2D eigenvalue weighted by Crippen LogP contribution is -2.42. The number of nitrogens with one attached hydrogen (secondary N) is 1. The minimum Gasteiger partial charge on any atom is -0.492 e. The van der Waals surface area contributed by atoms with Crippen molar-refractivity contribution >= 4 is 21.6 Å². The topological polar surface area (TPSA) is 75.7 Å². The van der Waals surface area contributed by atoms with E-state index in [0.717, 1.165) is 16.9 Å². The van der Waals surface area contributed by atoms with E-state index in [4.69, 9.17) is 4.74 Å². The van der Waals surface area contributed by atoms with E-state index in [1.165, 1.54) is 16.4 Å². The second kappa shape index (κ2) is 10.8. The number of hydrogen-bond acceptors (Lipinski definition) is 4. The third-order valence-corrected chi connectivity index (χ3v) is 6.75. The molecule has 0 fully saturated rings. The summed E-state index contributed by atoms with van der Waals surface area (Å²) in [7, 11) is -3.92. The molecule has 0 aromatic heterocycles. The van der Waals surface area contributed by atoms with Crippen molar-refractivity contribution < 1.29 is 17.9 Å². The van der Waals surface area contributed by atoms with Gasteiger partial charge in [-0.05, 0) is 49.2 Å². The molecule has 0 unspecified atom stereocenters. The molecule has 0 spiro atoms. The van der Waals surface area contributed by atoms with Crippen molar-refractivity contribution in [2.24, 2.45) is 0 Å². The van der Waals surface area contributed by atoms with Crippen molar-refractivity contribution in [3.8, 4) is 5.75 Å². The summed E-state index contributed by atoms with van der Waals surface area (Å²) in [5, 5.41) is 2.76. The van der Waals surface area contributed by atoms with E-state index in [9.17, 15) is 13.2 Å². The van der Waals surface area contributed by atoms with Gasteiger partial charge in [0.1, 0.15) is 18.9 Å². The van der Waals surface area contributed by atoms with Crippen LogP contribution in [0.4, 0.5) is 5.69 Å². The maximum absolute atomic E-state index is 13.4. The summed E-state index contributed by atoms with van der Waals surface area (Å²) in [5.41, 5.74) is 2.49.